The van der Waals surface area contributed by atoms with Crippen molar-refractivity contribution in [3.8, 4) is 11.3 Å². The Labute approximate surface area is 239 Å². The van der Waals surface area contributed by atoms with Crippen LogP contribution in [0.15, 0.2) is 59.7 Å². The predicted molar refractivity (Wildman–Crippen MR) is 161 cm³/mol. The van der Waals surface area contributed by atoms with Crippen LogP contribution in [-0.2, 0) is 5.54 Å². The maximum Gasteiger partial charge on any atom is 0.259 e. The first-order chi connectivity index (χ1) is 19.8. The van der Waals surface area contributed by atoms with Crippen LogP contribution in [-0.4, -0.2) is 57.2 Å². The van der Waals surface area contributed by atoms with Crippen LogP contribution in [0.2, 0.25) is 0 Å². The number of nitrogens with one attached hydrogen (secondary N) is 2. The van der Waals surface area contributed by atoms with Crippen LogP contribution < -0.4 is 15.8 Å². The van der Waals surface area contributed by atoms with Crippen molar-refractivity contribution < 1.29 is 9.50 Å². The maximum atomic E-state index is 15.7. The molecule has 0 amide bonds. The van der Waals surface area contributed by atoms with Crippen molar-refractivity contribution in [3.63, 3.8) is 0 Å². The molecule has 0 aliphatic carbocycles. The molecular formula is C32H37FN6O2. The molecule has 2 saturated heterocycles. The van der Waals surface area contributed by atoms with E-state index in [-0.39, 0.29) is 23.0 Å². The molecule has 0 atom stereocenters. The lowest BCUT2D eigenvalue weighted by Crippen LogP contribution is -2.44. The number of aromatic amines is 1. The van der Waals surface area contributed by atoms with Crippen molar-refractivity contribution in [3.05, 3.63) is 76.6 Å². The van der Waals surface area contributed by atoms with Gasteiger partial charge in [-0.2, -0.15) is 0 Å². The van der Waals surface area contributed by atoms with Gasteiger partial charge in [-0.25, -0.2) is 14.4 Å². The van der Waals surface area contributed by atoms with E-state index in [1.807, 2.05) is 18.2 Å². The Morgan fingerprint density at radius 1 is 1.02 bits per heavy atom. The Balaban J connectivity index is 1.32. The van der Waals surface area contributed by atoms with Crippen molar-refractivity contribution in [2.45, 2.75) is 57.6 Å². The number of fused-ring (bicyclic) bond motifs is 1. The molecule has 214 valence electrons. The molecule has 2 fully saturated rings. The number of rotatable bonds is 6. The molecule has 2 aliphatic rings. The van der Waals surface area contributed by atoms with E-state index in [2.05, 4.69) is 43.9 Å². The third-order valence-corrected chi connectivity index (χ3v) is 8.67. The van der Waals surface area contributed by atoms with Crippen molar-refractivity contribution in [1.29, 1.82) is 0 Å². The second-order valence-corrected chi connectivity index (χ2v) is 11.7. The summed E-state index contributed by atoms with van der Waals surface area (Å²) in [6, 6.07) is 12.7. The molecule has 5 heterocycles. The van der Waals surface area contributed by atoms with Crippen LogP contribution >= 0.6 is 0 Å². The molecule has 2 aliphatic heterocycles. The minimum absolute atomic E-state index is 0.241. The average molecular weight is 557 g/mol. The highest BCUT2D eigenvalue weighted by Gasteiger charge is 2.30. The number of piperidine rings is 2. The Morgan fingerprint density at radius 2 is 1.80 bits per heavy atom. The fourth-order valence-corrected chi connectivity index (χ4v) is 6.08. The Kier molecular flexibility index (Phi) is 7.48. The zero-order valence-corrected chi connectivity index (χ0v) is 23.7. The minimum Gasteiger partial charge on any atom is -0.393 e. The van der Waals surface area contributed by atoms with E-state index in [1.165, 1.54) is 19.3 Å². The van der Waals surface area contributed by atoms with Gasteiger partial charge in [0.05, 0.1) is 40.3 Å². The normalized spacial score (nSPS) is 17.2. The molecule has 8 nitrogen and oxygen atoms in total. The van der Waals surface area contributed by atoms with Gasteiger partial charge in [-0.3, -0.25) is 9.69 Å². The first kappa shape index (κ1) is 27.4. The molecule has 4 aromatic rings. The van der Waals surface area contributed by atoms with Crippen LogP contribution in [0, 0.1) is 5.82 Å². The molecule has 41 heavy (non-hydrogen) atoms. The number of benzene rings is 1. The van der Waals surface area contributed by atoms with E-state index in [0.29, 0.717) is 33.7 Å². The average Bonchev–Trinajstić information content (AvgIpc) is 2.98. The van der Waals surface area contributed by atoms with Gasteiger partial charge in [0.25, 0.3) is 5.56 Å². The van der Waals surface area contributed by atoms with E-state index in [9.17, 15) is 9.90 Å². The zero-order valence-electron chi connectivity index (χ0n) is 23.7. The van der Waals surface area contributed by atoms with Crippen LogP contribution in [0.3, 0.4) is 0 Å². The second kappa shape index (κ2) is 11.2. The smallest absolute Gasteiger partial charge is 0.259 e. The molecule has 0 spiro atoms. The summed E-state index contributed by atoms with van der Waals surface area (Å²) in [4.78, 5) is 29.4. The summed E-state index contributed by atoms with van der Waals surface area (Å²) in [5, 5.41) is 13.5. The number of hydrogen-bond donors (Lipinski definition) is 3. The Hall–Kier alpha value is -3.82. The van der Waals surface area contributed by atoms with Crippen LogP contribution in [0.4, 0.5) is 21.6 Å². The van der Waals surface area contributed by atoms with Gasteiger partial charge in [-0.1, -0.05) is 12.5 Å². The SMILES string of the molecule is CC(C)(c1ccc(-c2cc(Nc3ccc(N4CCC(O)CC4)cn3)c3c(=O)[nH]ccc3n2)c(F)c1)N1CCCCC1. The van der Waals surface area contributed by atoms with E-state index in [0.717, 1.165) is 50.3 Å². The van der Waals surface area contributed by atoms with Gasteiger partial charge in [0, 0.05) is 30.4 Å². The van der Waals surface area contributed by atoms with Crippen LogP contribution in [0.25, 0.3) is 22.2 Å². The number of hydrogen-bond acceptors (Lipinski definition) is 7. The van der Waals surface area contributed by atoms with Gasteiger partial charge in [0.15, 0.2) is 0 Å². The summed E-state index contributed by atoms with van der Waals surface area (Å²) in [5.41, 5.74) is 3.14. The molecule has 1 aromatic carbocycles. The largest absolute Gasteiger partial charge is 0.393 e. The van der Waals surface area contributed by atoms with Crippen molar-refractivity contribution in [2.75, 3.05) is 36.4 Å². The molecule has 3 aromatic heterocycles. The monoisotopic (exact) mass is 556 g/mol. The van der Waals surface area contributed by atoms with Gasteiger partial charge < -0.3 is 20.3 Å². The van der Waals surface area contributed by atoms with Crippen LogP contribution in [0.1, 0.15) is 51.5 Å². The highest BCUT2D eigenvalue weighted by Crippen LogP contribution is 2.35. The quantitative estimate of drug-likeness (QED) is 0.287. The molecule has 3 N–H and O–H groups in total. The standard InChI is InChI=1S/C32H37FN6O2/c1-32(2,39-14-4-3-5-15-39)21-6-8-24(25(33)18-21)27-19-28(30-26(36-27)10-13-34-31(30)41)37-29-9-7-22(20-35-29)38-16-11-23(40)12-17-38/h6-10,13,18-20,23,40H,3-5,11-12,14-17H2,1-2H3,(H,34,41)(H,35,36,37). The molecular weight excluding hydrogens is 519 g/mol. The van der Waals surface area contributed by atoms with E-state index < -0.39 is 0 Å². The molecule has 0 bridgehead atoms. The number of aromatic nitrogens is 3. The zero-order chi connectivity index (χ0) is 28.6. The summed E-state index contributed by atoms with van der Waals surface area (Å²) in [6.45, 7) is 7.90. The summed E-state index contributed by atoms with van der Waals surface area (Å²) >= 11 is 0. The first-order valence-electron chi connectivity index (χ1n) is 14.5. The summed E-state index contributed by atoms with van der Waals surface area (Å²) in [5.74, 6) is 0.218. The Bertz CT molecular complexity index is 1590. The minimum atomic E-state index is -0.343. The van der Waals surface area contributed by atoms with Gasteiger partial charge in [0.1, 0.15) is 11.6 Å². The maximum absolute atomic E-state index is 15.7. The number of aliphatic hydroxyl groups excluding tert-OH is 1. The third-order valence-electron chi connectivity index (χ3n) is 8.67. The molecule has 0 saturated carbocycles. The Morgan fingerprint density at radius 3 is 2.51 bits per heavy atom. The van der Waals surface area contributed by atoms with E-state index in [4.69, 9.17) is 0 Å². The number of anilines is 3. The highest BCUT2D eigenvalue weighted by atomic mass is 19.1. The van der Waals surface area contributed by atoms with Crippen LogP contribution in [0.5, 0.6) is 0 Å². The number of pyridine rings is 3. The van der Waals surface area contributed by atoms with Crippen molar-refractivity contribution in [2.24, 2.45) is 0 Å². The lowest BCUT2D eigenvalue weighted by Gasteiger charge is -2.41. The fourth-order valence-electron chi connectivity index (χ4n) is 6.08. The molecule has 6 rings (SSSR count). The summed E-state index contributed by atoms with van der Waals surface area (Å²) < 4.78 is 15.7. The fraction of sp³-hybridized carbons (Fsp3) is 0.406. The van der Waals surface area contributed by atoms with Gasteiger partial charge in [-0.05, 0) is 94.6 Å². The highest BCUT2D eigenvalue weighted by molar-refractivity contribution is 5.94. The van der Waals surface area contributed by atoms with Gasteiger partial charge in [-0.15, -0.1) is 0 Å². The van der Waals surface area contributed by atoms with Gasteiger partial charge >= 0.3 is 0 Å². The van der Waals surface area contributed by atoms with Crippen molar-refractivity contribution in [1.82, 2.24) is 19.9 Å². The first-order valence-corrected chi connectivity index (χ1v) is 14.5. The third kappa shape index (κ3) is 5.56. The summed E-state index contributed by atoms with van der Waals surface area (Å²) in [6.07, 6.45) is 8.15. The van der Waals surface area contributed by atoms with E-state index >= 15 is 4.39 Å². The van der Waals surface area contributed by atoms with E-state index in [1.54, 1.807) is 36.7 Å². The summed E-state index contributed by atoms with van der Waals surface area (Å²) in [7, 11) is 0. The topological polar surface area (TPSA) is 97.4 Å². The second-order valence-electron chi connectivity index (χ2n) is 11.7. The number of nitrogens with zero attached hydrogens (tertiary/aromatic N) is 4. The molecule has 0 radical (unpaired) electrons. The molecule has 0 unspecified atom stereocenters. The number of likely N-dealkylation sites (tertiary alicyclic amines) is 1. The number of aliphatic hydroxyl groups is 1. The lowest BCUT2D eigenvalue weighted by molar-refractivity contribution is 0.0941. The van der Waals surface area contributed by atoms with Gasteiger partial charge in [0.2, 0.25) is 0 Å². The van der Waals surface area contributed by atoms with Crippen molar-refractivity contribution >= 4 is 28.1 Å². The number of halogens is 1. The predicted octanol–water partition coefficient (Wildman–Crippen LogP) is 5.55. The number of H-pyrrole nitrogens is 1. The lowest BCUT2D eigenvalue weighted by atomic mass is 9.89. The molecule has 9 heteroatoms.